The second-order valence-electron chi connectivity index (χ2n) is 11.0. The molecule has 2 aliphatic heterocycles. The highest BCUT2D eigenvalue weighted by atomic mass is 16.5. The molecule has 6 atom stereocenters. The lowest BCUT2D eigenvalue weighted by atomic mass is 9.68. The minimum atomic E-state index is -0.238. The zero-order chi connectivity index (χ0) is 21.7. The van der Waals surface area contributed by atoms with Crippen molar-refractivity contribution in [2.45, 2.75) is 108 Å². The SMILES string of the molecule is CC(=O)OCc1nc2ccccc2n1[C@H]1C[C@H]2CCC[C@@H](C1)N2[C@H]1C[C@@H]2CCC[C@@H](C2)C1. The highest BCUT2D eigenvalue weighted by Gasteiger charge is 2.45. The Hall–Kier alpha value is -1.88. The number of rotatable bonds is 4. The summed E-state index contributed by atoms with van der Waals surface area (Å²) in [6, 6.07) is 11.1. The van der Waals surface area contributed by atoms with Gasteiger partial charge in [-0.1, -0.05) is 37.8 Å². The largest absolute Gasteiger partial charge is 0.458 e. The highest BCUT2D eigenvalue weighted by molar-refractivity contribution is 5.76. The normalized spacial score (nSPS) is 35.0. The van der Waals surface area contributed by atoms with Crippen molar-refractivity contribution in [3.05, 3.63) is 30.1 Å². The zero-order valence-electron chi connectivity index (χ0n) is 19.4. The molecule has 0 radical (unpaired) electrons. The van der Waals surface area contributed by atoms with Crippen LogP contribution in [0.25, 0.3) is 11.0 Å². The van der Waals surface area contributed by atoms with Gasteiger partial charge >= 0.3 is 5.97 Å². The Morgan fingerprint density at radius 1 is 0.906 bits per heavy atom. The zero-order valence-corrected chi connectivity index (χ0v) is 19.4. The minimum Gasteiger partial charge on any atom is -0.458 e. The molecule has 2 saturated carbocycles. The molecule has 5 heteroatoms. The van der Waals surface area contributed by atoms with Crippen LogP contribution >= 0.6 is 0 Å². The molecule has 3 heterocycles. The number of benzene rings is 1. The van der Waals surface area contributed by atoms with Gasteiger partial charge in [0.15, 0.2) is 0 Å². The number of carbonyl (C=O) groups excluding carboxylic acids is 1. The lowest BCUT2D eigenvalue weighted by molar-refractivity contribution is -0.142. The van der Waals surface area contributed by atoms with Gasteiger partial charge in [-0.25, -0.2) is 4.98 Å². The Kier molecular flexibility index (Phi) is 5.49. The van der Waals surface area contributed by atoms with Crippen molar-refractivity contribution >= 4 is 17.0 Å². The number of esters is 1. The number of hydrogen-bond donors (Lipinski definition) is 0. The fourth-order valence-electron chi connectivity index (χ4n) is 7.91. The molecule has 1 aromatic carbocycles. The maximum Gasteiger partial charge on any atom is 0.303 e. The van der Waals surface area contributed by atoms with Crippen LogP contribution in [0.2, 0.25) is 0 Å². The number of imidazole rings is 1. The number of hydrogen-bond acceptors (Lipinski definition) is 4. The van der Waals surface area contributed by atoms with E-state index in [1.165, 1.54) is 83.1 Å². The molecular weight excluding hydrogens is 398 g/mol. The number of piperidine rings is 2. The Morgan fingerprint density at radius 2 is 1.59 bits per heavy atom. The number of carbonyl (C=O) groups is 1. The lowest BCUT2D eigenvalue weighted by Gasteiger charge is -2.55. The van der Waals surface area contributed by atoms with E-state index >= 15 is 0 Å². The predicted molar refractivity (Wildman–Crippen MR) is 125 cm³/mol. The van der Waals surface area contributed by atoms with Gasteiger partial charge in [0, 0.05) is 31.1 Å². The van der Waals surface area contributed by atoms with E-state index in [2.05, 4.69) is 27.7 Å². The van der Waals surface area contributed by atoms with Gasteiger partial charge in [-0.15, -0.1) is 0 Å². The molecule has 5 nitrogen and oxygen atoms in total. The van der Waals surface area contributed by atoms with E-state index in [-0.39, 0.29) is 12.6 Å². The molecule has 0 unspecified atom stereocenters. The van der Waals surface area contributed by atoms with Crippen LogP contribution in [0.5, 0.6) is 0 Å². The number of ether oxygens (including phenoxy) is 1. The maximum absolute atomic E-state index is 11.5. The van der Waals surface area contributed by atoms with Gasteiger partial charge in [-0.2, -0.15) is 0 Å². The third-order valence-electron chi connectivity index (χ3n) is 8.97. The lowest BCUT2D eigenvalue weighted by Crippen LogP contribution is -2.58. The van der Waals surface area contributed by atoms with Gasteiger partial charge in [0.2, 0.25) is 0 Å². The molecule has 2 aromatic rings. The van der Waals surface area contributed by atoms with Crippen LogP contribution < -0.4 is 0 Å². The van der Waals surface area contributed by atoms with E-state index in [4.69, 9.17) is 9.72 Å². The van der Waals surface area contributed by atoms with E-state index in [9.17, 15) is 4.79 Å². The van der Waals surface area contributed by atoms with Crippen LogP contribution in [0.15, 0.2) is 24.3 Å². The molecule has 32 heavy (non-hydrogen) atoms. The van der Waals surface area contributed by atoms with Crippen molar-refractivity contribution < 1.29 is 9.53 Å². The first-order valence-corrected chi connectivity index (χ1v) is 13.0. The summed E-state index contributed by atoms with van der Waals surface area (Å²) in [6.07, 6.45) is 15.3. The third kappa shape index (κ3) is 3.76. The van der Waals surface area contributed by atoms with Crippen molar-refractivity contribution in [2.75, 3.05) is 0 Å². The molecule has 0 amide bonds. The maximum atomic E-state index is 11.5. The number of aromatic nitrogens is 2. The van der Waals surface area contributed by atoms with E-state index in [1.807, 2.05) is 6.07 Å². The van der Waals surface area contributed by atoms with Gasteiger partial charge in [-0.3, -0.25) is 9.69 Å². The Morgan fingerprint density at radius 3 is 2.31 bits per heavy atom. The van der Waals surface area contributed by atoms with E-state index in [1.54, 1.807) is 0 Å². The first-order valence-electron chi connectivity index (χ1n) is 13.0. The number of nitrogens with zero attached hydrogens (tertiary/aromatic N) is 3. The smallest absolute Gasteiger partial charge is 0.303 e. The summed E-state index contributed by atoms with van der Waals surface area (Å²) < 4.78 is 7.84. The summed E-state index contributed by atoms with van der Waals surface area (Å²) >= 11 is 0. The summed E-state index contributed by atoms with van der Waals surface area (Å²) in [6.45, 7) is 1.75. The Labute approximate surface area is 191 Å². The topological polar surface area (TPSA) is 47.4 Å². The predicted octanol–water partition coefficient (Wildman–Crippen LogP) is 5.63. The fraction of sp³-hybridized carbons (Fsp3) is 0.704. The molecule has 4 bridgehead atoms. The van der Waals surface area contributed by atoms with E-state index < -0.39 is 0 Å². The molecule has 6 rings (SSSR count). The van der Waals surface area contributed by atoms with E-state index in [0.29, 0.717) is 18.1 Å². The van der Waals surface area contributed by atoms with Crippen LogP contribution in [-0.4, -0.2) is 38.5 Å². The van der Waals surface area contributed by atoms with Crippen LogP contribution in [0.3, 0.4) is 0 Å². The minimum absolute atomic E-state index is 0.238. The monoisotopic (exact) mass is 435 g/mol. The summed E-state index contributed by atoms with van der Waals surface area (Å²) in [5.74, 6) is 2.64. The molecule has 2 saturated heterocycles. The standard InChI is InChI=1S/C27H37N3O2/c1-18(31)32-17-27-28-25-10-2-3-11-26(25)30(27)24-15-21-8-5-9-22(16-24)29(21)23-13-19-6-4-7-20(12-19)14-23/h2-3,10-11,19-24H,4-9,12-17H2,1H3/t19-,20+,21-,22+,23+,24+. The average molecular weight is 436 g/mol. The number of fused-ring (bicyclic) bond motifs is 5. The van der Waals surface area contributed by atoms with Crippen LogP contribution in [0, 0.1) is 11.8 Å². The van der Waals surface area contributed by atoms with Gasteiger partial charge in [-0.05, 0) is 68.9 Å². The van der Waals surface area contributed by atoms with Crippen molar-refractivity contribution in [3.63, 3.8) is 0 Å². The summed E-state index contributed by atoms with van der Waals surface area (Å²) in [5, 5.41) is 0. The second-order valence-corrected chi connectivity index (χ2v) is 11.0. The molecule has 172 valence electrons. The molecule has 1 aromatic heterocycles. The van der Waals surface area contributed by atoms with Gasteiger partial charge in [0.05, 0.1) is 11.0 Å². The molecule has 4 fully saturated rings. The van der Waals surface area contributed by atoms with Crippen molar-refractivity contribution in [3.8, 4) is 0 Å². The Balaban J connectivity index is 1.28. The summed E-state index contributed by atoms with van der Waals surface area (Å²) in [7, 11) is 0. The van der Waals surface area contributed by atoms with Gasteiger partial charge < -0.3 is 9.30 Å². The molecule has 4 aliphatic rings. The second kappa shape index (κ2) is 8.48. The summed E-state index contributed by atoms with van der Waals surface area (Å²) in [5.41, 5.74) is 2.21. The highest BCUT2D eigenvalue weighted by Crippen LogP contribution is 2.48. The van der Waals surface area contributed by atoms with E-state index in [0.717, 1.165) is 29.2 Å². The van der Waals surface area contributed by atoms with Crippen LogP contribution in [-0.2, 0) is 16.1 Å². The molecular formula is C27H37N3O2. The average Bonchev–Trinajstić information content (AvgIpc) is 3.15. The van der Waals surface area contributed by atoms with Crippen molar-refractivity contribution in [1.82, 2.24) is 14.5 Å². The first-order chi connectivity index (χ1) is 15.7. The van der Waals surface area contributed by atoms with Gasteiger partial charge in [0.1, 0.15) is 12.4 Å². The number of para-hydroxylation sites is 2. The van der Waals surface area contributed by atoms with Crippen molar-refractivity contribution in [2.24, 2.45) is 11.8 Å². The fourth-order valence-corrected chi connectivity index (χ4v) is 7.91. The third-order valence-corrected chi connectivity index (χ3v) is 8.97. The Bertz CT molecular complexity index is 958. The molecule has 2 aliphatic carbocycles. The van der Waals surface area contributed by atoms with Crippen molar-refractivity contribution in [1.29, 1.82) is 0 Å². The quantitative estimate of drug-likeness (QED) is 0.584. The van der Waals surface area contributed by atoms with Crippen LogP contribution in [0.4, 0.5) is 0 Å². The molecule has 0 N–H and O–H groups in total. The molecule has 0 spiro atoms. The van der Waals surface area contributed by atoms with Gasteiger partial charge in [0.25, 0.3) is 0 Å². The summed E-state index contributed by atoms with van der Waals surface area (Å²) in [4.78, 5) is 19.4. The van der Waals surface area contributed by atoms with Crippen LogP contribution in [0.1, 0.15) is 89.4 Å². The first kappa shape index (κ1) is 20.7.